The summed E-state index contributed by atoms with van der Waals surface area (Å²) in [6, 6.07) is 12.5. The lowest BCUT2D eigenvalue weighted by Gasteiger charge is -2.29. The molecular weight excluding hydrogens is 457 g/mol. The number of nitrogens with two attached hydrogens (primary N) is 1. The van der Waals surface area contributed by atoms with Gasteiger partial charge in [-0.15, -0.1) is 10.2 Å². The molecule has 2 aliphatic rings. The standard InChI is InChI=1S/C26H27F3N4O2/c1-34-18-2-4-19(5-3-18)35-9-8-24-20-13-17(30)10-15(20)14-33(24)25-7-6-23(31-32-25)21-11-16(27)12-22(28)26(21)29/h2-7,11-12,15,17,20,24H,8-10,13-14,30H2,1H3/t15-,17+,20+,24+/m1/s1. The van der Waals surface area contributed by atoms with Crippen molar-refractivity contribution in [3.8, 4) is 22.8 Å². The molecule has 2 heterocycles. The van der Waals surface area contributed by atoms with E-state index in [1.54, 1.807) is 19.2 Å². The van der Waals surface area contributed by atoms with E-state index >= 15 is 0 Å². The molecule has 0 spiro atoms. The third-order valence-electron chi connectivity index (χ3n) is 7.07. The number of nitrogens with zero attached hydrogens (tertiary/aromatic N) is 3. The van der Waals surface area contributed by atoms with E-state index in [1.165, 1.54) is 0 Å². The Morgan fingerprint density at radius 1 is 1.00 bits per heavy atom. The van der Waals surface area contributed by atoms with Gasteiger partial charge in [-0.05, 0) is 67.1 Å². The van der Waals surface area contributed by atoms with Crippen molar-refractivity contribution in [1.29, 1.82) is 0 Å². The molecule has 1 saturated carbocycles. The van der Waals surface area contributed by atoms with Crippen molar-refractivity contribution in [2.75, 3.05) is 25.2 Å². The first kappa shape index (κ1) is 23.4. The van der Waals surface area contributed by atoms with Gasteiger partial charge in [-0.25, -0.2) is 13.2 Å². The summed E-state index contributed by atoms with van der Waals surface area (Å²) in [6.45, 7) is 1.31. The quantitative estimate of drug-likeness (QED) is 0.495. The fourth-order valence-corrected chi connectivity index (χ4v) is 5.47. The molecule has 1 aromatic heterocycles. The Hall–Kier alpha value is -3.33. The van der Waals surface area contributed by atoms with Gasteiger partial charge in [-0.1, -0.05) is 0 Å². The van der Waals surface area contributed by atoms with E-state index in [1.807, 2.05) is 24.3 Å². The number of hydrogen-bond donors (Lipinski definition) is 1. The molecule has 0 amide bonds. The molecule has 0 radical (unpaired) electrons. The van der Waals surface area contributed by atoms with Crippen molar-refractivity contribution < 1.29 is 22.6 Å². The van der Waals surface area contributed by atoms with Gasteiger partial charge in [0.05, 0.1) is 19.4 Å². The Labute approximate surface area is 201 Å². The van der Waals surface area contributed by atoms with Crippen molar-refractivity contribution in [3.05, 3.63) is 66.0 Å². The summed E-state index contributed by atoms with van der Waals surface area (Å²) in [5, 5.41) is 8.39. The van der Waals surface area contributed by atoms with Crippen LogP contribution in [0.25, 0.3) is 11.3 Å². The Morgan fingerprint density at radius 3 is 2.49 bits per heavy atom. The van der Waals surface area contributed by atoms with Crippen LogP contribution in [0.15, 0.2) is 48.5 Å². The molecule has 2 aromatic carbocycles. The van der Waals surface area contributed by atoms with Gasteiger partial charge in [0, 0.05) is 36.7 Å². The highest BCUT2D eigenvalue weighted by Crippen LogP contribution is 2.44. The normalized spacial score (nSPS) is 23.4. The van der Waals surface area contributed by atoms with E-state index in [0.29, 0.717) is 30.3 Å². The van der Waals surface area contributed by atoms with E-state index in [4.69, 9.17) is 15.2 Å². The fraction of sp³-hybridized carbons (Fsp3) is 0.385. The summed E-state index contributed by atoms with van der Waals surface area (Å²) >= 11 is 0. The first-order chi connectivity index (χ1) is 16.9. The number of anilines is 1. The largest absolute Gasteiger partial charge is 0.497 e. The molecule has 4 atom stereocenters. The number of methoxy groups -OCH3 is 1. The van der Waals surface area contributed by atoms with Crippen LogP contribution >= 0.6 is 0 Å². The van der Waals surface area contributed by atoms with E-state index in [9.17, 15) is 13.2 Å². The third kappa shape index (κ3) is 4.77. The van der Waals surface area contributed by atoms with Crippen LogP contribution in [0.1, 0.15) is 19.3 Å². The molecule has 9 heteroatoms. The van der Waals surface area contributed by atoms with E-state index < -0.39 is 17.5 Å². The molecule has 3 aromatic rings. The molecule has 184 valence electrons. The van der Waals surface area contributed by atoms with E-state index in [-0.39, 0.29) is 23.3 Å². The summed E-state index contributed by atoms with van der Waals surface area (Å²) in [7, 11) is 1.62. The third-order valence-corrected chi connectivity index (χ3v) is 7.07. The second kappa shape index (κ2) is 9.73. The highest BCUT2D eigenvalue weighted by atomic mass is 19.2. The molecule has 2 fully saturated rings. The zero-order valence-electron chi connectivity index (χ0n) is 19.3. The minimum Gasteiger partial charge on any atom is -0.497 e. The molecular formula is C26H27F3N4O2. The number of fused-ring (bicyclic) bond motifs is 1. The van der Waals surface area contributed by atoms with Crippen LogP contribution in [0.4, 0.5) is 19.0 Å². The SMILES string of the molecule is COc1ccc(OCC[C@H]2[C@H]3C[C@@H](N)C[C@@H]3CN2c2ccc(-c3cc(F)cc(F)c3F)nn2)cc1. The minimum atomic E-state index is -1.26. The number of halogens is 3. The average molecular weight is 485 g/mol. The molecule has 0 unspecified atom stereocenters. The first-order valence-corrected chi connectivity index (χ1v) is 11.7. The van der Waals surface area contributed by atoms with E-state index in [0.717, 1.165) is 43.4 Å². The Balaban J connectivity index is 1.32. The van der Waals surface area contributed by atoms with Crippen LogP contribution in [-0.2, 0) is 0 Å². The lowest BCUT2D eigenvalue weighted by atomic mass is 9.92. The predicted octanol–water partition coefficient (Wildman–Crippen LogP) is 4.58. The highest BCUT2D eigenvalue weighted by molar-refractivity contribution is 5.61. The lowest BCUT2D eigenvalue weighted by Crippen LogP contribution is -2.36. The number of hydrogen-bond acceptors (Lipinski definition) is 6. The van der Waals surface area contributed by atoms with Gasteiger partial charge in [0.1, 0.15) is 17.3 Å². The van der Waals surface area contributed by atoms with Crippen molar-refractivity contribution in [2.24, 2.45) is 17.6 Å². The van der Waals surface area contributed by atoms with Gasteiger partial charge >= 0.3 is 0 Å². The van der Waals surface area contributed by atoms with Crippen molar-refractivity contribution in [2.45, 2.75) is 31.3 Å². The summed E-state index contributed by atoms with van der Waals surface area (Å²) in [5.74, 6) is -0.228. The number of aromatic nitrogens is 2. The Kier molecular flexibility index (Phi) is 6.51. The van der Waals surface area contributed by atoms with Gasteiger partial charge < -0.3 is 20.1 Å². The molecule has 2 N–H and O–H groups in total. The Bertz CT molecular complexity index is 1180. The van der Waals surface area contributed by atoms with Crippen LogP contribution in [0.3, 0.4) is 0 Å². The topological polar surface area (TPSA) is 73.5 Å². The van der Waals surface area contributed by atoms with E-state index in [2.05, 4.69) is 15.1 Å². The van der Waals surface area contributed by atoms with Crippen molar-refractivity contribution >= 4 is 5.82 Å². The number of benzene rings is 2. The van der Waals surface area contributed by atoms with Crippen molar-refractivity contribution in [1.82, 2.24) is 10.2 Å². The average Bonchev–Trinajstić information content (AvgIpc) is 3.38. The number of ether oxygens (including phenoxy) is 2. The van der Waals surface area contributed by atoms with Crippen LogP contribution < -0.4 is 20.1 Å². The second-order valence-electron chi connectivity index (χ2n) is 9.21. The molecule has 1 aliphatic heterocycles. The number of rotatable bonds is 7. The van der Waals surface area contributed by atoms with Gasteiger partial charge in [-0.2, -0.15) is 0 Å². The van der Waals surface area contributed by atoms with Crippen LogP contribution in [-0.4, -0.2) is 42.5 Å². The van der Waals surface area contributed by atoms with Gasteiger partial charge in [0.25, 0.3) is 0 Å². The zero-order valence-corrected chi connectivity index (χ0v) is 19.3. The van der Waals surface area contributed by atoms with Gasteiger partial charge in [-0.3, -0.25) is 0 Å². The first-order valence-electron chi connectivity index (χ1n) is 11.7. The molecule has 35 heavy (non-hydrogen) atoms. The van der Waals surface area contributed by atoms with Crippen LogP contribution in [0.2, 0.25) is 0 Å². The Morgan fingerprint density at radius 2 is 1.77 bits per heavy atom. The van der Waals surface area contributed by atoms with Crippen molar-refractivity contribution in [3.63, 3.8) is 0 Å². The molecule has 0 bridgehead atoms. The summed E-state index contributed by atoms with van der Waals surface area (Å²) < 4.78 is 52.6. The lowest BCUT2D eigenvalue weighted by molar-refractivity contribution is 0.276. The maximum absolute atomic E-state index is 14.2. The predicted molar refractivity (Wildman–Crippen MR) is 126 cm³/mol. The molecule has 1 saturated heterocycles. The summed E-state index contributed by atoms with van der Waals surface area (Å²) in [4.78, 5) is 2.21. The van der Waals surface area contributed by atoms with Gasteiger partial charge in [0.2, 0.25) is 0 Å². The summed E-state index contributed by atoms with van der Waals surface area (Å²) in [5.41, 5.74) is 6.07. The molecule has 5 rings (SSSR count). The molecule has 1 aliphatic carbocycles. The second-order valence-corrected chi connectivity index (χ2v) is 9.21. The summed E-state index contributed by atoms with van der Waals surface area (Å²) in [6.07, 6.45) is 2.66. The van der Waals surface area contributed by atoms with Crippen LogP contribution in [0, 0.1) is 29.3 Å². The monoisotopic (exact) mass is 484 g/mol. The minimum absolute atomic E-state index is 0.0745. The maximum Gasteiger partial charge on any atom is 0.168 e. The molecule has 6 nitrogen and oxygen atoms in total. The van der Waals surface area contributed by atoms with Gasteiger partial charge in [0.15, 0.2) is 17.5 Å². The highest BCUT2D eigenvalue weighted by Gasteiger charge is 2.46. The zero-order chi connectivity index (χ0) is 24.5. The maximum atomic E-state index is 14.2. The fourth-order valence-electron chi connectivity index (χ4n) is 5.47. The smallest absolute Gasteiger partial charge is 0.168 e. The van der Waals surface area contributed by atoms with Crippen LogP contribution in [0.5, 0.6) is 11.5 Å².